The first-order chi connectivity index (χ1) is 9.30. The first kappa shape index (κ1) is 15.0. The van der Waals surface area contributed by atoms with Crippen LogP contribution in [0.25, 0.3) is 0 Å². The van der Waals surface area contributed by atoms with Crippen molar-refractivity contribution in [2.24, 2.45) is 0 Å². The van der Waals surface area contributed by atoms with Crippen molar-refractivity contribution in [3.63, 3.8) is 0 Å². The Kier molecular flexibility index (Phi) is 4.19. The Morgan fingerprint density at radius 1 is 1.15 bits per heavy atom. The van der Waals surface area contributed by atoms with Crippen molar-refractivity contribution in [1.29, 1.82) is 0 Å². The molecule has 20 heavy (non-hydrogen) atoms. The average Bonchev–Trinajstić information content (AvgIpc) is 2.65. The van der Waals surface area contributed by atoms with Crippen molar-refractivity contribution in [2.75, 3.05) is 31.1 Å². The predicted octanol–water partition coefficient (Wildman–Crippen LogP) is -1.25. The van der Waals surface area contributed by atoms with Crippen LogP contribution in [-0.2, 0) is 14.6 Å². The fourth-order valence-electron chi connectivity index (χ4n) is 2.57. The Labute approximate surface area is 116 Å². The van der Waals surface area contributed by atoms with Gasteiger partial charge in [-0.1, -0.05) is 0 Å². The molecule has 2 fully saturated rings. The van der Waals surface area contributed by atoms with E-state index in [-0.39, 0.29) is 37.6 Å². The van der Waals surface area contributed by atoms with Crippen LogP contribution in [0.5, 0.6) is 0 Å². The maximum Gasteiger partial charge on any atom is 0.326 e. The number of likely N-dealkylation sites (tertiary alicyclic amines) is 1. The number of carbonyl (C=O) groups excluding carboxylic acids is 1. The summed E-state index contributed by atoms with van der Waals surface area (Å²) in [5.41, 5.74) is 0. The highest BCUT2D eigenvalue weighted by molar-refractivity contribution is 7.91. The molecule has 0 aromatic rings. The summed E-state index contributed by atoms with van der Waals surface area (Å²) in [6.07, 6.45) is -0.495. The summed E-state index contributed by atoms with van der Waals surface area (Å²) in [7, 11) is -3.13. The highest BCUT2D eigenvalue weighted by Crippen LogP contribution is 2.20. The molecule has 0 aromatic carbocycles. The van der Waals surface area contributed by atoms with Crippen LogP contribution in [-0.4, -0.2) is 83.7 Å². The number of aliphatic hydroxyl groups is 1. The van der Waals surface area contributed by atoms with Gasteiger partial charge >= 0.3 is 12.0 Å². The zero-order valence-corrected chi connectivity index (χ0v) is 11.8. The molecule has 0 aliphatic carbocycles. The zero-order valence-electron chi connectivity index (χ0n) is 10.9. The minimum absolute atomic E-state index is 0.00715. The van der Waals surface area contributed by atoms with Crippen LogP contribution in [0.15, 0.2) is 0 Å². The third-order valence-corrected chi connectivity index (χ3v) is 5.35. The van der Waals surface area contributed by atoms with Gasteiger partial charge in [0.15, 0.2) is 9.84 Å². The molecule has 0 bridgehead atoms. The molecule has 2 aliphatic heterocycles. The van der Waals surface area contributed by atoms with E-state index in [1.165, 1.54) is 4.90 Å². The first-order valence-electron chi connectivity index (χ1n) is 6.47. The summed E-state index contributed by atoms with van der Waals surface area (Å²) in [6, 6.07) is -1.55. The van der Waals surface area contributed by atoms with Crippen LogP contribution >= 0.6 is 0 Å². The van der Waals surface area contributed by atoms with Crippen molar-refractivity contribution < 1.29 is 28.2 Å². The Hall–Kier alpha value is -1.35. The SMILES string of the molecule is O=C(O)[C@@H]1C[C@@H](O)CN1C(=O)N1CCCS(=O)(=O)CC1. The number of amides is 2. The molecule has 0 aromatic heterocycles. The molecular weight excluding hydrogens is 288 g/mol. The smallest absolute Gasteiger partial charge is 0.326 e. The first-order valence-corrected chi connectivity index (χ1v) is 8.29. The quantitative estimate of drug-likeness (QED) is 0.625. The van der Waals surface area contributed by atoms with E-state index in [0.29, 0.717) is 6.42 Å². The summed E-state index contributed by atoms with van der Waals surface area (Å²) in [5, 5.41) is 18.6. The third-order valence-electron chi connectivity index (χ3n) is 3.64. The van der Waals surface area contributed by atoms with E-state index in [1.807, 2.05) is 0 Å². The number of carbonyl (C=O) groups is 2. The fraction of sp³-hybridized carbons (Fsp3) is 0.818. The Bertz CT molecular complexity index is 505. The molecule has 0 spiro atoms. The summed E-state index contributed by atoms with van der Waals surface area (Å²) in [6.45, 7) is 0.330. The molecule has 2 saturated heterocycles. The summed E-state index contributed by atoms with van der Waals surface area (Å²) in [4.78, 5) is 25.9. The number of urea groups is 1. The number of carboxylic acid groups (broad SMARTS) is 1. The molecule has 0 radical (unpaired) electrons. The minimum Gasteiger partial charge on any atom is -0.480 e. The van der Waals surface area contributed by atoms with Crippen molar-refractivity contribution >= 4 is 21.8 Å². The van der Waals surface area contributed by atoms with Crippen LogP contribution in [0.3, 0.4) is 0 Å². The summed E-state index contributed by atoms with van der Waals surface area (Å²) < 4.78 is 23.0. The highest BCUT2D eigenvalue weighted by atomic mass is 32.2. The molecular formula is C11H18N2O6S. The highest BCUT2D eigenvalue weighted by Gasteiger charge is 2.41. The normalized spacial score (nSPS) is 30.1. The predicted molar refractivity (Wildman–Crippen MR) is 69.0 cm³/mol. The van der Waals surface area contributed by atoms with Crippen molar-refractivity contribution in [3.05, 3.63) is 0 Å². The number of aliphatic hydroxyl groups excluding tert-OH is 1. The lowest BCUT2D eigenvalue weighted by molar-refractivity contribution is -0.141. The Balaban J connectivity index is 2.08. The van der Waals surface area contributed by atoms with Gasteiger partial charge in [0.2, 0.25) is 0 Å². The second-order valence-electron chi connectivity index (χ2n) is 5.17. The zero-order chi connectivity index (χ0) is 14.9. The molecule has 8 nitrogen and oxygen atoms in total. The largest absolute Gasteiger partial charge is 0.480 e. The van der Waals surface area contributed by atoms with Gasteiger partial charge in [-0.2, -0.15) is 0 Å². The van der Waals surface area contributed by atoms with Gasteiger partial charge in [0, 0.05) is 26.1 Å². The number of sulfone groups is 1. The molecule has 2 aliphatic rings. The number of β-amino-alcohol motifs (C(OH)–C–C–N with tert-alkyl or cyclic N) is 1. The van der Waals surface area contributed by atoms with Gasteiger partial charge in [0.1, 0.15) is 6.04 Å². The van der Waals surface area contributed by atoms with Crippen LogP contribution < -0.4 is 0 Å². The van der Waals surface area contributed by atoms with E-state index in [0.717, 1.165) is 4.90 Å². The topological polar surface area (TPSA) is 115 Å². The molecule has 2 amide bonds. The van der Waals surface area contributed by atoms with Gasteiger partial charge in [0.25, 0.3) is 0 Å². The number of aliphatic carboxylic acids is 1. The monoisotopic (exact) mass is 306 g/mol. The lowest BCUT2D eigenvalue weighted by Crippen LogP contribution is -2.49. The van der Waals surface area contributed by atoms with Crippen LogP contribution in [0.4, 0.5) is 4.79 Å². The van der Waals surface area contributed by atoms with Gasteiger partial charge in [-0.15, -0.1) is 0 Å². The second-order valence-corrected chi connectivity index (χ2v) is 7.47. The van der Waals surface area contributed by atoms with Crippen molar-refractivity contribution in [1.82, 2.24) is 9.80 Å². The molecule has 2 rings (SSSR count). The van der Waals surface area contributed by atoms with Gasteiger partial charge < -0.3 is 20.0 Å². The fourth-order valence-corrected chi connectivity index (χ4v) is 3.84. The Morgan fingerprint density at radius 3 is 2.50 bits per heavy atom. The molecule has 0 unspecified atom stereocenters. The molecule has 2 heterocycles. The van der Waals surface area contributed by atoms with Gasteiger partial charge in [-0.05, 0) is 6.42 Å². The number of carboxylic acids is 1. The van der Waals surface area contributed by atoms with E-state index in [4.69, 9.17) is 5.11 Å². The van der Waals surface area contributed by atoms with Gasteiger partial charge in [-0.25, -0.2) is 18.0 Å². The number of hydrogen-bond donors (Lipinski definition) is 2. The lowest BCUT2D eigenvalue weighted by Gasteiger charge is -2.29. The molecule has 114 valence electrons. The maximum atomic E-state index is 12.3. The molecule has 9 heteroatoms. The minimum atomic E-state index is -3.13. The van der Waals surface area contributed by atoms with Crippen molar-refractivity contribution in [3.8, 4) is 0 Å². The van der Waals surface area contributed by atoms with Gasteiger partial charge in [0.05, 0.1) is 17.6 Å². The summed E-state index contributed by atoms with van der Waals surface area (Å²) in [5.74, 6) is -1.22. The van der Waals surface area contributed by atoms with E-state index in [2.05, 4.69) is 0 Å². The second kappa shape index (κ2) is 5.57. The number of hydrogen-bond acceptors (Lipinski definition) is 5. The maximum absolute atomic E-state index is 12.3. The standard InChI is InChI=1S/C11H18N2O6S/c14-8-6-9(10(15)16)13(7-8)11(17)12-2-1-4-20(18,19)5-3-12/h8-9,14H,1-7H2,(H,15,16)/t8-,9+/m1/s1. The molecule has 2 N–H and O–H groups in total. The number of nitrogens with zero attached hydrogens (tertiary/aromatic N) is 2. The van der Waals surface area contributed by atoms with Crippen LogP contribution in [0, 0.1) is 0 Å². The Morgan fingerprint density at radius 2 is 1.85 bits per heavy atom. The lowest BCUT2D eigenvalue weighted by atomic mass is 10.2. The summed E-state index contributed by atoms with van der Waals surface area (Å²) >= 11 is 0. The van der Waals surface area contributed by atoms with E-state index < -0.39 is 34.0 Å². The third kappa shape index (κ3) is 3.21. The molecule has 2 atom stereocenters. The van der Waals surface area contributed by atoms with E-state index in [1.54, 1.807) is 0 Å². The van der Waals surface area contributed by atoms with Gasteiger partial charge in [-0.3, -0.25) is 0 Å². The van der Waals surface area contributed by atoms with Crippen molar-refractivity contribution in [2.45, 2.75) is 25.0 Å². The van der Waals surface area contributed by atoms with E-state index in [9.17, 15) is 23.1 Å². The van der Waals surface area contributed by atoms with Crippen LogP contribution in [0.2, 0.25) is 0 Å². The average molecular weight is 306 g/mol. The molecule has 0 saturated carbocycles. The number of rotatable bonds is 1. The van der Waals surface area contributed by atoms with E-state index >= 15 is 0 Å². The van der Waals surface area contributed by atoms with Crippen LogP contribution in [0.1, 0.15) is 12.8 Å².